The lowest BCUT2D eigenvalue weighted by molar-refractivity contribution is -0.152. The number of carboxylic acid groups (broad SMARTS) is 1. The van der Waals surface area contributed by atoms with E-state index in [2.05, 4.69) is 36.4 Å². The first-order valence-corrected chi connectivity index (χ1v) is 11.9. The number of likely N-dealkylation sites (N-methyl/N-ethyl adjacent to an activating group) is 1. The van der Waals surface area contributed by atoms with E-state index in [1.807, 2.05) is 42.5 Å². The number of hydrogen-bond acceptors (Lipinski definition) is 3. The fourth-order valence-electron chi connectivity index (χ4n) is 5.71. The van der Waals surface area contributed by atoms with Crippen molar-refractivity contribution >= 4 is 12.1 Å². The molecule has 0 spiro atoms. The second kappa shape index (κ2) is 8.98. The van der Waals surface area contributed by atoms with E-state index in [4.69, 9.17) is 4.74 Å². The van der Waals surface area contributed by atoms with Gasteiger partial charge in [0.1, 0.15) is 12.1 Å². The Morgan fingerprint density at radius 3 is 1.97 bits per heavy atom. The van der Waals surface area contributed by atoms with E-state index in [-0.39, 0.29) is 12.5 Å². The fourth-order valence-corrected chi connectivity index (χ4v) is 5.71. The lowest BCUT2D eigenvalue weighted by Gasteiger charge is -2.42. The van der Waals surface area contributed by atoms with Gasteiger partial charge in [-0.1, -0.05) is 78.9 Å². The van der Waals surface area contributed by atoms with Crippen molar-refractivity contribution in [2.24, 2.45) is 0 Å². The SMILES string of the molecule is CN(C(=O)OCC1c2ccccc2-c2ccccc21)C1(C(=O)O)CCC(c2ccccc2)CC1. The number of fused-ring (bicyclic) bond motifs is 3. The number of nitrogens with zero attached hydrogens (tertiary/aromatic N) is 1. The fraction of sp³-hybridized carbons (Fsp3) is 0.310. The molecule has 5 nitrogen and oxygen atoms in total. The molecule has 0 unspecified atom stereocenters. The zero-order chi connectivity index (χ0) is 23.7. The average molecular weight is 456 g/mol. The number of carbonyl (C=O) groups is 2. The molecule has 0 heterocycles. The molecule has 1 fully saturated rings. The molecule has 174 valence electrons. The van der Waals surface area contributed by atoms with Gasteiger partial charge in [-0.25, -0.2) is 9.59 Å². The molecule has 0 atom stereocenters. The first kappa shape index (κ1) is 22.2. The molecule has 2 aliphatic carbocycles. The molecule has 1 saturated carbocycles. The number of carbonyl (C=O) groups excluding carboxylic acids is 1. The van der Waals surface area contributed by atoms with Crippen LogP contribution < -0.4 is 0 Å². The maximum Gasteiger partial charge on any atom is 0.410 e. The first-order chi connectivity index (χ1) is 16.5. The lowest BCUT2D eigenvalue weighted by atomic mass is 9.73. The highest BCUT2D eigenvalue weighted by Crippen LogP contribution is 2.45. The number of rotatable bonds is 5. The Hall–Kier alpha value is -3.60. The van der Waals surface area contributed by atoms with E-state index >= 15 is 0 Å². The van der Waals surface area contributed by atoms with Crippen molar-refractivity contribution in [3.8, 4) is 11.1 Å². The summed E-state index contributed by atoms with van der Waals surface area (Å²) in [5.74, 6) is -0.709. The average Bonchev–Trinajstić information content (AvgIpc) is 3.21. The van der Waals surface area contributed by atoms with Crippen LogP contribution in [0.2, 0.25) is 0 Å². The van der Waals surface area contributed by atoms with Crippen molar-refractivity contribution in [2.45, 2.75) is 43.1 Å². The number of hydrogen-bond donors (Lipinski definition) is 1. The van der Waals surface area contributed by atoms with Gasteiger partial charge in [0.05, 0.1) is 0 Å². The molecule has 1 N–H and O–H groups in total. The van der Waals surface area contributed by atoms with Gasteiger partial charge in [-0.3, -0.25) is 4.90 Å². The zero-order valence-electron chi connectivity index (χ0n) is 19.3. The predicted molar refractivity (Wildman–Crippen MR) is 131 cm³/mol. The largest absolute Gasteiger partial charge is 0.479 e. The Labute approximate surface area is 200 Å². The molecule has 2 aliphatic rings. The van der Waals surface area contributed by atoms with Gasteiger partial charge in [-0.2, -0.15) is 0 Å². The van der Waals surface area contributed by atoms with E-state index in [1.165, 1.54) is 10.5 Å². The monoisotopic (exact) mass is 455 g/mol. The van der Waals surface area contributed by atoms with E-state index in [0.29, 0.717) is 18.8 Å². The van der Waals surface area contributed by atoms with Gasteiger partial charge in [0.25, 0.3) is 0 Å². The number of aliphatic carboxylic acids is 1. The van der Waals surface area contributed by atoms with Gasteiger partial charge in [0.2, 0.25) is 0 Å². The van der Waals surface area contributed by atoms with Crippen LogP contribution >= 0.6 is 0 Å². The molecule has 3 aromatic rings. The summed E-state index contributed by atoms with van der Waals surface area (Å²) in [6, 6.07) is 26.5. The lowest BCUT2D eigenvalue weighted by Crippen LogP contribution is -2.57. The summed E-state index contributed by atoms with van der Waals surface area (Å²) in [7, 11) is 1.57. The van der Waals surface area contributed by atoms with Crippen molar-refractivity contribution < 1.29 is 19.4 Å². The molecule has 0 radical (unpaired) electrons. The smallest absolute Gasteiger partial charge is 0.410 e. The van der Waals surface area contributed by atoms with Crippen LogP contribution in [0.4, 0.5) is 4.79 Å². The summed E-state index contributed by atoms with van der Waals surface area (Å²) >= 11 is 0. The van der Waals surface area contributed by atoms with Gasteiger partial charge < -0.3 is 9.84 Å². The number of amides is 1. The summed E-state index contributed by atoms with van der Waals surface area (Å²) < 4.78 is 5.77. The Morgan fingerprint density at radius 2 is 1.41 bits per heavy atom. The highest BCUT2D eigenvalue weighted by Gasteiger charge is 2.48. The second-order valence-corrected chi connectivity index (χ2v) is 9.38. The summed E-state index contributed by atoms with van der Waals surface area (Å²) in [5, 5.41) is 10.2. The van der Waals surface area contributed by atoms with Crippen LogP contribution in [0, 0.1) is 0 Å². The van der Waals surface area contributed by atoms with Crippen LogP contribution in [-0.2, 0) is 9.53 Å². The molecule has 5 rings (SSSR count). The summed E-state index contributed by atoms with van der Waals surface area (Å²) in [5.41, 5.74) is 4.58. The Balaban J connectivity index is 1.30. The normalized spacial score (nSPS) is 21.4. The third-order valence-electron chi connectivity index (χ3n) is 7.73. The molecule has 0 aliphatic heterocycles. The standard InChI is InChI=1S/C29H29NO4/c1-30(29(27(31)32)17-15-21(16-18-29)20-9-3-2-4-10-20)28(33)34-19-26-24-13-7-5-11-22(24)23-12-6-8-14-25(23)26/h2-14,21,26H,15-19H2,1H3,(H,31,32). The summed E-state index contributed by atoms with van der Waals surface area (Å²) in [6.45, 7) is 0.180. The maximum absolute atomic E-state index is 13.1. The van der Waals surface area contributed by atoms with Crippen LogP contribution in [0.25, 0.3) is 11.1 Å². The van der Waals surface area contributed by atoms with Gasteiger partial charge in [0, 0.05) is 13.0 Å². The Bertz CT molecular complexity index is 1150. The van der Waals surface area contributed by atoms with Crippen LogP contribution in [0.15, 0.2) is 78.9 Å². The quantitative estimate of drug-likeness (QED) is 0.509. The molecule has 3 aromatic carbocycles. The number of ether oxygens (including phenoxy) is 1. The third kappa shape index (κ3) is 3.75. The first-order valence-electron chi connectivity index (χ1n) is 11.9. The summed E-state index contributed by atoms with van der Waals surface area (Å²) in [4.78, 5) is 26.9. The van der Waals surface area contributed by atoms with Gasteiger partial charge in [0.15, 0.2) is 0 Å². The minimum Gasteiger partial charge on any atom is -0.479 e. The maximum atomic E-state index is 13.1. The van der Waals surface area contributed by atoms with E-state index in [1.54, 1.807) is 7.05 Å². The molecule has 1 amide bonds. The third-order valence-corrected chi connectivity index (χ3v) is 7.73. The number of carboxylic acids is 1. The van der Waals surface area contributed by atoms with E-state index < -0.39 is 17.6 Å². The molecule has 0 saturated heterocycles. The van der Waals surface area contributed by atoms with E-state index in [9.17, 15) is 14.7 Å². The van der Waals surface area contributed by atoms with Crippen LogP contribution in [0.3, 0.4) is 0 Å². The van der Waals surface area contributed by atoms with Crippen molar-refractivity contribution in [1.82, 2.24) is 4.90 Å². The van der Waals surface area contributed by atoms with Crippen molar-refractivity contribution in [3.05, 3.63) is 95.6 Å². The highest BCUT2D eigenvalue weighted by atomic mass is 16.6. The predicted octanol–water partition coefficient (Wildman–Crippen LogP) is 6.05. The zero-order valence-corrected chi connectivity index (χ0v) is 19.3. The Kier molecular flexibility index (Phi) is 5.86. The topological polar surface area (TPSA) is 66.8 Å². The minimum absolute atomic E-state index is 0.0562. The van der Waals surface area contributed by atoms with E-state index in [0.717, 1.165) is 35.1 Å². The van der Waals surface area contributed by atoms with Gasteiger partial charge >= 0.3 is 12.1 Å². The molecule has 34 heavy (non-hydrogen) atoms. The molecular formula is C29H29NO4. The second-order valence-electron chi connectivity index (χ2n) is 9.38. The summed E-state index contributed by atoms with van der Waals surface area (Å²) in [6.07, 6.45) is 1.67. The number of benzene rings is 3. The highest BCUT2D eigenvalue weighted by molar-refractivity contribution is 5.85. The molecule has 0 bridgehead atoms. The van der Waals surface area contributed by atoms with Gasteiger partial charge in [-0.05, 0) is 59.4 Å². The van der Waals surface area contributed by atoms with Gasteiger partial charge in [-0.15, -0.1) is 0 Å². The molecule has 0 aromatic heterocycles. The molecular weight excluding hydrogens is 426 g/mol. The van der Waals surface area contributed by atoms with Crippen LogP contribution in [-0.4, -0.2) is 41.3 Å². The van der Waals surface area contributed by atoms with Crippen molar-refractivity contribution in [2.75, 3.05) is 13.7 Å². The van der Waals surface area contributed by atoms with Crippen LogP contribution in [0.1, 0.15) is 54.2 Å². The van der Waals surface area contributed by atoms with Crippen LogP contribution in [0.5, 0.6) is 0 Å². The van der Waals surface area contributed by atoms with Crippen molar-refractivity contribution in [1.29, 1.82) is 0 Å². The Morgan fingerprint density at radius 1 is 0.882 bits per heavy atom. The molecule has 5 heteroatoms. The van der Waals surface area contributed by atoms with Crippen molar-refractivity contribution in [3.63, 3.8) is 0 Å². The minimum atomic E-state index is -1.24.